The summed E-state index contributed by atoms with van der Waals surface area (Å²) in [5, 5.41) is 9.72. The summed E-state index contributed by atoms with van der Waals surface area (Å²) in [5.41, 5.74) is 8.44. The Morgan fingerprint density at radius 1 is 1.53 bits per heavy atom. The highest BCUT2D eigenvalue weighted by Crippen LogP contribution is 2.11. The zero-order valence-corrected chi connectivity index (χ0v) is 9.26. The Hall–Kier alpha value is -1.36. The van der Waals surface area contributed by atoms with Crippen LogP contribution in [0.25, 0.3) is 0 Å². The number of aryl methyl sites for hydroxylation is 2. The molecule has 1 amide bonds. The van der Waals surface area contributed by atoms with Crippen LogP contribution in [0.4, 0.5) is 0 Å². The lowest BCUT2D eigenvalue weighted by atomic mass is 10.1. The Labute approximate surface area is 89.4 Å². The van der Waals surface area contributed by atoms with Crippen molar-refractivity contribution in [1.82, 2.24) is 15.5 Å². The number of rotatable bonds is 5. The van der Waals surface area contributed by atoms with Crippen LogP contribution in [0.15, 0.2) is 0 Å². The molecule has 0 radical (unpaired) electrons. The van der Waals surface area contributed by atoms with Crippen molar-refractivity contribution in [3.63, 3.8) is 0 Å². The van der Waals surface area contributed by atoms with Crippen LogP contribution >= 0.6 is 0 Å². The SMILES string of the molecule is Cc1n[nH]c(C)c1CCC(=O)NCCN. The summed E-state index contributed by atoms with van der Waals surface area (Å²) in [7, 11) is 0. The molecule has 1 rings (SSSR count). The Balaban J connectivity index is 2.40. The number of carbonyl (C=O) groups excluding carboxylic acids is 1. The van der Waals surface area contributed by atoms with Gasteiger partial charge >= 0.3 is 0 Å². The fraction of sp³-hybridized carbons (Fsp3) is 0.600. The molecule has 0 unspecified atom stereocenters. The maximum absolute atomic E-state index is 11.3. The number of nitrogens with zero attached hydrogens (tertiary/aromatic N) is 1. The van der Waals surface area contributed by atoms with Gasteiger partial charge in [-0.1, -0.05) is 0 Å². The van der Waals surface area contributed by atoms with Gasteiger partial charge in [-0.3, -0.25) is 9.89 Å². The zero-order valence-electron chi connectivity index (χ0n) is 9.26. The first-order chi connectivity index (χ1) is 7.15. The van der Waals surface area contributed by atoms with E-state index in [-0.39, 0.29) is 5.91 Å². The molecule has 0 saturated carbocycles. The van der Waals surface area contributed by atoms with Crippen molar-refractivity contribution in [2.24, 2.45) is 5.73 Å². The van der Waals surface area contributed by atoms with Crippen LogP contribution in [-0.2, 0) is 11.2 Å². The predicted octanol–water partition coefficient (Wildman–Crippen LogP) is 0.0340. The van der Waals surface area contributed by atoms with Crippen molar-refractivity contribution in [2.75, 3.05) is 13.1 Å². The number of hydrogen-bond acceptors (Lipinski definition) is 3. The summed E-state index contributed by atoms with van der Waals surface area (Å²) >= 11 is 0. The third-order valence-corrected chi connectivity index (χ3v) is 2.35. The van der Waals surface area contributed by atoms with Crippen LogP contribution in [0, 0.1) is 13.8 Å². The quantitative estimate of drug-likeness (QED) is 0.641. The highest BCUT2D eigenvalue weighted by Gasteiger charge is 2.08. The van der Waals surface area contributed by atoms with E-state index in [9.17, 15) is 4.79 Å². The molecule has 0 bridgehead atoms. The van der Waals surface area contributed by atoms with E-state index in [4.69, 9.17) is 5.73 Å². The van der Waals surface area contributed by atoms with Gasteiger partial charge in [-0.05, 0) is 25.8 Å². The van der Waals surface area contributed by atoms with E-state index in [1.54, 1.807) is 0 Å². The molecule has 0 spiro atoms. The normalized spacial score (nSPS) is 10.3. The molecular formula is C10H18N4O. The van der Waals surface area contributed by atoms with Gasteiger partial charge in [-0.25, -0.2) is 0 Å². The van der Waals surface area contributed by atoms with Crippen LogP contribution in [0.3, 0.4) is 0 Å². The molecule has 0 aliphatic rings. The first kappa shape index (κ1) is 11.7. The summed E-state index contributed by atoms with van der Waals surface area (Å²) in [5.74, 6) is 0.0421. The van der Waals surface area contributed by atoms with Crippen LogP contribution in [0.5, 0.6) is 0 Å². The maximum Gasteiger partial charge on any atom is 0.220 e. The van der Waals surface area contributed by atoms with Gasteiger partial charge in [0.05, 0.1) is 5.69 Å². The molecule has 4 N–H and O–H groups in total. The molecule has 1 heterocycles. The maximum atomic E-state index is 11.3. The van der Waals surface area contributed by atoms with Crippen molar-refractivity contribution in [1.29, 1.82) is 0 Å². The molecule has 5 nitrogen and oxygen atoms in total. The largest absolute Gasteiger partial charge is 0.355 e. The lowest BCUT2D eigenvalue weighted by Gasteiger charge is -2.03. The van der Waals surface area contributed by atoms with Gasteiger partial charge < -0.3 is 11.1 Å². The van der Waals surface area contributed by atoms with E-state index in [2.05, 4.69) is 15.5 Å². The van der Waals surface area contributed by atoms with E-state index >= 15 is 0 Å². The summed E-state index contributed by atoms with van der Waals surface area (Å²) in [6, 6.07) is 0. The molecule has 15 heavy (non-hydrogen) atoms. The number of H-pyrrole nitrogens is 1. The van der Waals surface area contributed by atoms with Crippen molar-refractivity contribution >= 4 is 5.91 Å². The molecule has 0 aliphatic carbocycles. The minimum atomic E-state index is 0.0421. The predicted molar refractivity (Wildman–Crippen MR) is 58.4 cm³/mol. The topological polar surface area (TPSA) is 83.8 Å². The molecule has 5 heteroatoms. The average molecular weight is 210 g/mol. The zero-order chi connectivity index (χ0) is 11.3. The molecule has 0 aliphatic heterocycles. The van der Waals surface area contributed by atoms with Crippen molar-refractivity contribution in [3.05, 3.63) is 17.0 Å². The van der Waals surface area contributed by atoms with Gasteiger partial charge in [0, 0.05) is 25.2 Å². The molecule has 0 saturated heterocycles. The average Bonchev–Trinajstić information content (AvgIpc) is 2.53. The van der Waals surface area contributed by atoms with Crippen molar-refractivity contribution in [2.45, 2.75) is 26.7 Å². The minimum Gasteiger partial charge on any atom is -0.355 e. The number of aromatic nitrogens is 2. The Morgan fingerprint density at radius 2 is 2.27 bits per heavy atom. The van der Waals surface area contributed by atoms with Crippen LogP contribution < -0.4 is 11.1 Å². The number of carbonyl (C=O) groups is 1. The summed E-state index contributed by atoms with van der Waals surface area (Å²) in [6.07, 6.45) is 1.21. The molecule has 0 atom stereocenters. The second-order valence-corrected chi connectivity index (χ2v) is 3.55. The first-order valence-corrected chi connectivity index (χ1v) is 5.12. The van der Waals surface area contributed by atoms with E-state index in [0.29, 0.717) is 19.5 Å². The van der Waals surface area contributed by atoms with E-state index < -0.39 is 0 Å². The minimum absolute atomic E-state index is 0.0421. The van der Waals surface area contributed by atoms with Gasteiger partial charge in [0.15, 0.2) is 0 Å². The van der Waals surface area contributed by atoms with Gasteiger partial charge in [-0.15, -0.1) is 0 Å². The fourth-order valence-corrected chi connectivity index (χ4v) is 1.48. The number of amides is 1. The van der Waals surface area contributed by atoms with Gasteiger partial charge in [0.25, 0.3) is 0 Å². The monoisotopic (exact) mass is 210 g/mol. The van der Waals surface area contributed by atoms with Crippen LogP contribution in [-0.4, -0.2) is 29.2 Å². The van der Waals surface area contributed by atoms with E-state index in [1.165, 1.54) is 0 Å². The van der Waals surface area contributed by atoms with E-state index in [1.807, 2.05) is 13.8 Å². The molecular weight excluding hydrogens is 192 g/mol. The Kier molecular flexibility index (Phi) is 4.30. The molecule has 84 valence electrons. The second-order valence-electron chi connectivity index (χ2n) is 3.55. The molecule has 1 aromatic rings. The lowest BCUT2D eigenvalue weighted by molar-refractivity contribution is -0.120. The summed E-state index contributed by atoms with van der Waals surface area (Å²) in [6.45, 7) is 4.93. The van der Waals surface area contributed by atoms with E-state index in [0.717, 1.165) is 23.4 Å². The third kappa shape index (κ3) is 3.36. The van der Waals surface area contributed by atoms with Crippen LogP contribution in [0.2, 0.25) is 0 Å². The van der Waals surface area contributed by atoms with Crippen LogP contribution in [0.1, 0.15) is 23.4 Å². The second kappa shape index (κ2) is 5.50. The molecule has 0 fully saturated rings. The smallest absolute Gasteiger partial charge is 0.220 e. The van der Waals surface area contributed by atoms with Crippen molar-refractivity contribution < 1.29 is 4.79 Å². The van der Waals surface area contributed by atoms with Crippen molar-refractivity contribution in [3.8, 4) is 0 Å². The fourth-order valence-electron chi connectivity index (χ4n) is 1.48. The first-order valence-electron chi connectivity index (χ1n) is 5.12. The Morgan fingerprint density at radius 3 is 2.80 bits per heavy atom. The van der Waals surface area contributed by atoms with Gasteiger partial charge in [0.2, 0.25) is 5.91 Å². The highest BCUT2D eigenvalue weighted by molar-refractivity contribution is 5.76. The molecule has 1 aromatic heterocycles. The number of hydrogen-bond donors (Lipinski definition) is 3. The summed E-state index contributed by atoms with van der Waals surface area (Å²) < 4.78 is 0. The van der Waals surface area contributed by atoms with Gasteiger partial charge in [-0.2, -0.15) is 5.10 Å². The van der Waals surface area contributed by atoms with Gasteiger partial charge in [0.1, 0.15) is 0 Å². The third-order valence-electron chi connectivity index (χ3n) is 2.35. The Bertz CT molecular complexity index is 313. The standard InChI is InChI=1S/C10H18N4O/c1-7-9(8(2)14-13-7)3-4-10(15)12-6-5-11/h3-6,11H2,1-2H3,(H,12,15)(H,13,14). The lowest BCUT2D eigenvalue weighted by Crippen LogP contribution is -2.29. The number of aromatic amines is 1. The molecule has 0 aromatic carbocycles. The number of nitrogens with two attached hydrogens (primary N) is 1. The highest BCUT2D eigenvalue weighted by atomic mass is 16.1. The number of nitrogens with one attached hydrogen (secondary N) is 2. The summed E-state index contributed by atoms with van der Waals surface area (Å²) in [4.78, 5) is 11.3.